The van der Waals surface area contributed by atoms with Gasteiger partial charge in [0.2, 0.25) is 5.91 Å². The Morgan fingerprint density at radius 2 is 2.11 bits per heavy atom. The molecule has 0 N–H and O–H groups in total. The molecule has 4 heteroatoms. The van der Waals surface area contributed by atoms with E-state index < -0.39 is 0 Å². The smallest absolute Gasteiger partial charge is 0.227 e. The second-order valence-electron chi connectivity index (χ2n) is 5.15. The van der Waals surface area contributed by atoms with Crippen LogP contribution in [0.5, 0.6) is 0 Å². The second-order valence-corrected chi connectivity index (χ2v) is 6.34. The van der Waals surface area contributed by atoms with Gasteiger partial charge in [-0.3, -0.25) is 9.59 Å². The van der Waals surface area contributed by atoms with Gasteiger partial charge in [0.25, 0.3) is 0 Å². The van der Waals surface area contributed by atoms with E-state index in [2.05, 4.69) is 26.0 Å². The highest BCUT2D eigenvalue weighted by Crippen LogP contribution is 2.28. The number of nitrogens with zero attached hydrogens (tertiary/aromatic N) is 1. The molecule has 0 radical (unpaired) electrons. The lowest BCUT2D eigenvalue weighted by molar-refractivity contribution is -0.117. The minimum atomic E-state index is 0.122. The van der Waals surface area contributed by atoms with Crippen molar-refractivity contribution in [3.63, 3.8) is 0 Å². The maximum absolute atomic E-state index is 12.1. The average molecular weight is 277 g/mol. The van der Waals surface area contributed by atoms with Gasteiger partial charge in [0.1, 0.15) is 0 Å². The normalized spacial score (nSPS) is 19.0. The van der Waals surface area contributed by atoms with E-state index in [0.29, 0.717) is 6.42 Å². The molecule has 0 aromatic heterocycles. The standard InChI is InChI=1S/C15H19NO2S/c1-10-4-5-14(6-11(10)2)16-8-13(7-15(16)18)9-19-12(3)17/h4-6,13H,7-9H2,1-3H3. The van der Waals surface area contributed by atoms with Gasteiger partial charge in [0, 0.05) is 31.3 Å². The van der Waals surface area contributed by atoms with Crippen molar-refractivity contribution in [1.82, 2.24) is 0 Å². The van der Waals surface area contributed by atoms with E-state index in [1.807, 2.05) is 11.0 Å². The third-order valence-corrected chi connectivity index (χ3v) is 4.57. The molecule has 1 fully saturated rings. The third-order valence-electron chi connectivity index (χ3n) is 3.53. The fraction of sp³-hybridized carbons (Fsp3) is 0.467. The molecule has 0 saturated carbocycles. The van der Waals surface area contributed by atoms with Crippen LogP contribution in [-0.2, 0) is 9.59 Å². The summed E-state index contributed by atoms with van der Waals surface area (Å²) in [5.74, 6) is 1.18. The zero-order valence-corrected chi connectivity index (χ0v) is 12.4. The van der Waals surface area contributed by atoms with E-state index in [4.69, 9.17) is 0 Å². The van der Waals surface area contributed by atoms with Crippen molar-refractivity contribution in [3.8, 4) is 0 Å². The van der Waals surface area contributed by atoms with Crippen molar-refractivity contribution in [2.75, 3.05) is 17.2 Å². The molecule has 2 rings (SSSR count). The topological polar surface area (TPSA) is 37.4 Å². The number of carbonyl (C=O) groups excluding carboxylic acids is 2. The Balaban J connectivity index is 2.07. The largest absolute Gasteiger partial charge is 0.312 e. The quantitative estimate of drug-likeness (QED) is 0.852. The molecule has 102 valence electrons. The second kappa shape index (κ2) is 5.78. The molecule has 1 aromatic carbocycles. The van der Waals surface area contributed by atoms with Crippen molar-refractivity contribution in [1.29, 1.82) is 0 Å². The first-order chi connectivity index (χ1) is 8.97. The number of carbonyl (C=O) groups is 2. The van der Waals surface area contributed by atoms with Crippen LogP contribution >= 0.6 is 11.8 Å². The predicted octanol–water partition coefficient (Wildman–Crippen LogP) is 2.94. The van der Waals surface area contributed by atoms with Gasteiger partial charge in [-0.15, -0.1) is 0 Å². The van der Waals surface area contributed by atoms with E-state index in [9.17, 15) is 9.59 Å². The van der Waals surface area contributed by atoms with Crippen LogP contribution in [-0.4, -0.2) is 23.3 Å². The molecular formula is C15H19NO2S. The summed E-state index contributed by atoms with van der Waals surface area (Å²) in [5.41, 5.74) is 3.41. The van der Waals surface area contributed by atoms with Crippen LogP contribution in [0.4, 0.5) is 5.69 Å². The number of rotatable bonds is 3. The van der Waals surface area contributed by atoms with Crippen molar-refractivity contribution in [2.45, 2.75) is 27.2 Å². The van der Waals surface area contributed by atoms with Gasteiger partial charge in [-0.25, -0.2) is 0 Å². The minimum Gasteiger partial charge on any atom is -0.312 e. The van der Waals surface area contributed by atoms with Crippen LogP contribution in [0.1, 0.15) is 24.5 Å². The number of benzene rings is 1. The predicted molar refractivity (Wildman–Crippen MR) is 79.5 cm³/mol. The first-order valence-corrected chi connectivity index (χ1v) is 7.47. The molecule has 1 amide bonds. The Hall–Kier alpha value is -1.29. The van der Waals surface area contributed by atoms with Crippen molar-refractivity contribution in [2.24, 2.45) is 5.92 Å². The summed E-state index contributed by atoms with van der Waals surface area (Å²) in [6.45, 7) is 6.42. The molecule has 1 aliphatic heterocycles. The summed E-state index contributed by atoms with van der Waals surface area (Å²) < 4.78 is 0. The molecule has 1 atom stereocenters. The zero-order chi connectivity index (χ0) is 14.0. The highest BCUT2D eigenvalue weighted by Gasteiger charge is 2.30. The molecular weight excluding hydrogens is 258 g/mol. The van der Waals surface area contributed by atoms with Gasteiger partial charge >= 0.3 is 0 Å². The fourth-order valence-electron chi connectivity index (χ4n) is 2.27. The van der Waals surface area contributed by atoms with Gasteiger partial charge in [0.05, 0.1) is 0 Å². The van der Waals surface area contributed by atoms with Gasteiger partial charge in [-0.2, -0.15) is 0 Å². The van der Waals surface area contributed by atoms with Crippen molar-refractivity contribution < 1.29 is 9.59 Å². The van der Waals surface area contributed by atoms with Crippen LogP contribution in [0, 0.1) is 19.8 Å². The number of hydrogen-bond acceptors (Lipinski definition) is 3. The number of amides is 1. The molecule has 0 spiro atoms. The molecule has 0 bridgehead atoms. The van der Waals surface area contributed by atoms with Gasteiger partial charge in [-0.05, 0) is 43.0 Å². The van der Waals surface area contributed by atoms with Crippen molar-refractivity contribution in [3.05, 3.63) is 29.3 Å². The van der Waals surface area contributed by atoms with E-state index in [-0.39, 0.29) is 16.9 Å². The van der Waals surface area contributed by atoms with Crippen LogP contribution in [0.25, 0.3) is 0 Å². The molecule has 1 unspecified atom stereocenters. The van der Waals surface area contributed by atoms with Gasteiger partial charge in [-0.1, -0.05) is 17.8 Å². The Kier molecular flexibility index (Phi) is 4.30. The van der Waals surface area contributed by atoms with E-state index in [1.54, 1.807) is 6.92 Å². The molecule has 0 aliphatic carbocycles. The first kappa shape index (κ1) is 14.1. The zero-order valence-electron chi connectivity index (χ0n) is 11.6. The SMILES string of the molecule is CC(=O)SCC1CC(=O)N(c2ccc(C)c(C)c2)C1. The summed E-state index contributed by atoms with van der Waals surface area (Å²) in [4.78, 5) is 24.9. The summed E-state index contributed by atoms with van der Waals surface area (Å²) in [6, 6.07) is 6.12. The molecule has 19 heavy (non-hydrogen) atoms. The molecule has 3 nitrogen and oxygen atoms in total. The monoisotopic (exact) mass is 277 g/mol. The van der Waals surface area contributed by atoms with Crippen LogP contribution in [0.15, 0.2) is 18.2 Å². The Morgan fingerprint density at radius 1 is 1.37 bits per heavy atom. The van der Waals surface area contributed by atoms with E-state index in [0.717, 1.165) is 18.0 Å². The Labute approximate surface area is 118 Å². The van der Waals surface area contributed by atoms with E-state index >= 15 is 0 Å². The maximum Gasteiger partial charge on any atom is 0.227 e. The fourth-order valence-corrected chi connectivity index (χ4v) is 2.97. The molecule has 1 aliphatic rings. The lowest BCUT2D eigenvalue weighted by atomic mass is 10.1. The van der Waals surface area contributed by atoms with E-state index in [1.165, 1.54) is 22.9 Å². The molecule has 1 aromatic rings. The lowest BCUT2D eigenvalue weighted by Gasteiger charge is -2.18. The number of anilines is 1. The lowest BCUT2D eigenvalue weighted by Crippen LogP contribution is -2.24. The number of thioether (sulfide) groups is 1. The van der Waals surface area contributed by atoms with Gasteiger partial charge in [0.15, 0.2) is 5.12 Å². The maximum atomic E-state index is 12.1. The summed E-state index contributed by atoms with van der Waals surface area (Å²) in [7, 11) is 0. The molecule has 1 heterocycles. The first-order valence-electron chi connectivity index (χ1n) is 6.48. The summed E-state index contributed by atoms with van der Waals surface area (Å²) in [6.07, 6.45) is 0.549. The third kappa shape index (κ3) is 3.38. The Bertz CT molecular complexity index is 513. The minimum absolute atomic E-state index is 0.122. The Morgan fingerprint density at radius 3 is 2.74 bits per heavy atom. The highest BCUT2D eigenvalue weighted by molar-refractivity contribution is 8.13. The average Bonchev–Trinajstić information content (AvgIpc) is 2.72. The van der Waals surface area contributed by atoms with Gasteiger partial charge < -0.3 is 4.90 Å². The number of aryl methyl sites for hydroxylation is 2. The van der Waals surface area contributed by atoms with Crippen LogP contribution < -0.4 is 4.90 Å². The summed E-state index contributed by atoms with van der Waals surface area (Å²) >= 11 is 1.32. The molecule has 1 saturated heterocycles. The number of hydrogen-bond donors (Lipinski definition) is 0. The van der Waals surface area contributed by atoms with Crippen molar-refractivity contribution >= 4 is 28.5 Å². The van der Waals surface area contributed by atoms with Crippen LogP contribution in [0.3, 0.4) is 0 Å². The van der Waals surface area contributed by atoms with Crippen LogP contribution in [0.2, 0.25) is 0 Å². The summed E-state index contributed by atoms with van der Waals surface area (Å²) in [5, 5.41) is 0.122. The highest BCUT2D eigenvalue weighted by atomic mass is 32.2.